The summed E-state index contributed by atoms with van der Waals surface area (Å²) in [7, 11) is 0. The molecular weight excluding hydrogens is 356 g/mol. The number of thiophene rings is 1. The molecule has 0 amide bonds. The lowest BCUT2D eigenvalue weighted by Crippen LogP contribution is -1.94. The molecular formula is C20H14N6S. The number of nitrogens with zero attached hydrogens (tertiary/aromatic N) is 5. The lowest BCUT2D eigenvalue weighted by molar-refractivity contribution is 1.18. The van der Waals surface area contributed by atoms with Crippen LogP contribution in [0.5, 0.6) is 0 Å². The van der Waals surface area contributed by atoms with Crippen molar-refractivity contribution in [2.45, 2.75) is 6.92 Å². The van der Waals surface area contributed by atoms with Gasteiger partial charge in [-0.15, -0.1) is 11.3 Å². The summed E-state index contributed by atoms with van der Waals surface area (Å²) in [6.07, 6.45) is 6.69. The molecule has 0 saturated heterocycles. The van der Waals surface area contributed by atoms with Crippen molar-refractivity contribution in [2.24, 2.45) is 5.10 Å². The second-order valence-electron chi connectivity index (χ2n) is 5.80. The molecule has 0 saturated carbocycles. The van der Waals surface area contributed by atoms with Gasteiger partial charge in [0, 0.05) is 22.8 Å². The van der Waals surface area contributed by atoms with Gasteiger partial charge < -0.3 is 0 Å². The highest BCUT2D eigenvalue weighted by Crippen LogP contribution is 2.39. The molecule has 0 fully saturated rings. The van der Waals surface area contributed by atoms with E-state index in [1.807, 2.05) is 43.3 Å². The molecule has 130 valence electrons. The van der Waals surface area contributed by atoms with Crippen LogP contribution in [0.25, 0.3) is 20.7 Å². The van der Waals surface area contributed by atoms with Crippen LogP contribution >= 0.6 is 11.3 Å². The quantitative estimate of drug-likeness (QED) is 0.425. The molecule has 0 aliphatic heterocycles. The summed E-state index contributed by atoms with van der Waals surface area (Å²) in [6.45, 7) is 2.04. The number of pyridine rings is 1. The van der Waals surface area contributed by atoms with Crippen LogP contribution < -0.4 is 5.43 Å². The van der Waals surface area contributed by atoms with Crippen LogP contribution in [-0.2, 0) is 0 Å². The summed E-state index contributed by atoms with van der Waals surface area (Å²) in [5, 5.41) is 13.2. The molecule has 0 aliphatic rings. The Hall–Kier alpha value is -3.63. The van der Waals surface area contributed by atoms with Crippen molar-refractivity contribution < 1.29 is 0 Å². The Kier molecular flexibility index (Phi) is 4.56. The third kappa shape index (κ3) is 3.38. The molecule has 0 atom stereocenters. The van der Waals surface area contributed by atoms with Gasteiger partial charge in [0.05, 0.1) is 28.1 Å². The number of rotatable bonds is 4. The number of anilines is 1. The van der Waals surface area contributed by atoms with E-state index in [1.54, 1.807) is 29.9 Å². The molecule has 3 heterocycles. The topological polar surface area (TPSA) is 86.9 Å². The van der Waals surface area contributed by atoms with E-state index in [1.165, 1.54) is 6.33 Å². The fraction of sp³-hybridized carbons (Fsp3) is 0.0500. The first kappa shape index (κ1) is 16.8. The minimum Gasteiger partial charge on any atom is -0.264 e. The van der Waals surface area contributed by atoms with Crippen molar-refractivity contribution in [1.82, 2.24) is 15.0 Å². The normalized spacial score (nSPS) is 11.0. The Labute approximate surface area is 159 Å². The Morgan fingerprint density at radius 2 is 2.04 bits per heavy atom. The van der Waals surface area contributed by atoms with Crippen LogP contribution in [0.1, 0.15) is 16.7 Å². The number of aryl methyl sites for hydroxylation is 1. The summed E-state index contributed by atoms with van der Waals surface area (Å²) in [6, 6.07) is 13.5. The van der Waals surface area contributed by atoms with Gasteiger partial charge >= 0.3 is 0 Å². The number of hydrogen-bond donors (Lipinski definition) is 1. The number of benzene rings is 1. The molecule has 1 N–H and O–H groups in total. The number of hydrazone groups is 1. The molecule has 7 heteroatoms. The molecule has 0 aliphatic carbocycles. The molecule has 3 aromatic heterocycles. The maximum absolute atomic E-state index is 8.98. The van der Waals surface area contributed by atoms with Crippen LogP contribution in [0.2, 0.25) is 0 Å². The van der Waals surface area contributed by atoms with Gasteiger partial charge in [-0.05, 0) is 36.2 Å². The highest BCUT2D eigenvalue weighted by atomic mass is 32.1. The molecule has 4 rings (SSSR count). The van der Waals surface area contributed by atoms with Gasteiger partial charge in [0.25, 0.3) is 0 Å². The number of nitriles is 1. The van der Waals surface area contributed by atoms with E-state index in [2.05, 4.69) is 31.5 Å². The van der Waals surface area contributed by atoms with Gasteiger partial charge in [0.15, 0.2) is 5.82 Å². The molecule has 1 aromatic carbocycles. The van der Waals surface area contributed by atoms with Gasteiger partial charge in [0.2, 0.25) is 0 Å². The largest absolute Gasteiger partial charge is 0.264 e. The molecule has 0 bridgehead atoms. The van der Waals surface area contributed by atoms with Crippen molar-refractivity contribution in [1.29, 1.82) is 5.26 Å². The number of fused-ring (bicyclic) bond motifs is 1. The smallest absolute Gasteiger partial charge is 0.167 e. The predicted octanol–water partition coefficient (Wildman–Crippen LogP) is 4.38. The van der Waals surface area contributed by atoms with Crippen LogP contribution in [-0.4, -0.2) is 21.2 Å². The van der Waals surface area contributed by atoms with Crippen molar-refractivity contribution in [3.05, 3.63) is 71.8 Å². The average Bonchev–Trinajstić information content (AvgIpc) is 3.06. The lowest BCUT2D eigenvalue weighted by atomic mass is 10.1. The predicted molar refractivity (Wildman–Crippen MR) is 108 cm³/mol. The Morgan fingerprint density at radius 3 is 2.78 bits per heavy atom. The minimum absolute atomic E-state index is 0.643. The summed E-state index contributed by atoms with van der Waals surface area (Å²) < 4.78 is 0.942. The van der Waals surface area contributed by atoms with Crippen LogP contribution in [0.15, 0.2) is 60.2 Å². The Morgan fingerprint density at radius 1 is 1.19 bits per heavy atom. The third-order valence-electron chi connectivity index (χ3n) is 4.05. The van der Waals surface area contributed by atoms with Crippen LogP contribution in [0, 0.1) is 18.3 Å². The van der Waals surface area contributed by atoms with E-state index in [9.17, 15) is 0 Å². The first-order chi connectivity index (χ1) is 13.3. The van der Waals surface area contributed by atoms with Gasteiger partial charge in [-0.25, -0.2) is 9.97 Å². The number of aromatic nitrogens is 3. The molecule has 4 aromatic rings. The fourth-order valence-electron chi connectivity index (χ4n) is 2.70. The first-order valence-corrected chi connectivity index (χ1v) is 9.01. The zero-order chi connectivity index (χ0) is 18.6. The van der Waals surface area contributed by atoms with E-state index in [0.29, 0.717) is 11.4 Å². The van der Waals surface area contributed by atoms with E-state index in [4.69, 9.17) is 5.26 Å². The number of hydrogen-bond acceptors (Lipinski definition) is 7. The standard InChI is InChI=1S/C20H14N6S/c1-13-17-19(27-18(13)16-6-4-14(9-21)5-7-16)20(24-12-23-17)26-25-11-15-3-2-8-22-10-15/h2-8,10-12H,1H3,(H,23,24,26)/b25-11+. The average molecular weight is 370 g/mol. The Bertz CT molecular complexity index is 1160. The van der Waals surface area contributed by atoms with E-state index < -0.39 is 0 Å². The summed E-state index contributed by atoms with van der Waals surface area (Å²) in [5.74, 6) is 0.660. The number of nitrogens with one attached hydrogen (secondary N) is 1. The lowest BCUT2D eigenvalue weighted by Gasteiger charge is -2.00. The fourth-order valence-corrected chi connectivity index (χ4v) is 3.90. The van der Waals surface area contributed by atoms with Gasteiger partial charge in [-0.1, -0.05) is 18.2 Å². The monoisotopic (exact) mass is 370 g/mol. The van der Waals surface area contributed by atoms with Crippen molar-refractivity contribution in [2.75, 3.05) is 5.43 Å². The molecule has 0 unspecified atom stereocenters. The highest BCUT2D eigenvalue weighted by molar-refractivity contribution is 7.23. The third-order valence-corrected chi connectivity index (χ3v) is 5.39. The molecule has 6 nitrogen and oxygen atoms in total. The molecule has 0 spiro atoms. The summed E-state index contributed by atoms with van der Waals surface area (Å²) >= 11 is 1.61. The van der Waals surface area contributed by atoms with Crippen molar-refractivity contribution in [3.63, 3.8) is 0 Å². The first-order valence-electron chi connectivity index (χ1n) is 8.20. The van der Waals surface area contributed by atoms with Gasteiger partial charge in [0.1, 0.15) is 6.33 Å². The van der Waals surface area contributed by atoms with E-state index in [-0.39, 0.29) is 0 Å². The zero-order valence-electron chi connectivity index (χ0n) is 14.4. The maximum Gasteiger partial charge on any atom is 0.167 e. The zero-order valence-corrected chi connectivity index (χ0v) is 15.2. The maximum atomic E-state index is 8.98. The SMILES string of the molecule is Cc1c(-c2ccc(C#N)cc2)sc2c(N/N=C/c3cccnc3)ncnc12. The highest BCUT2D eigenvalue weighted by Gasteiger charge is 2.15. The van der Waals surface area contributed by atoms with Gasteiger partial charge in [-0.3, -0.25) is 10.4 Å². The van der Waals surface area contributed by atoms with Gasteiger partial charge in [-0.2, -0.15) is 10.4 Å². The molecule has 0 radical (unpaired) electrons. The second-order valence-corrected chi connectivity index (χ2v) is 6.82. The van der Waals surface area contributed by atoms with E-state index in [0.717, 1.165) is 31.8 Å². The Balaban J connectivity index is 1.69. The van der Waals surface area contributed by atoms with Crippen LogP contribution in [0.3, 0.4) is 0 Å². The second kappa shape index (κ2) is 7.32. The minimum atomic E-state index is 0.643. The van der Waals surface area contributed by atoms with E-state index >= 15 is 0 Å². The summed E-state index contributed by atoms with van der Waals surface area (Å²) in [5.41, 5.74) is 7.58. The van der Waals surface area contributed by atoms with Crippen LogP contribution in [0.4, 0.5) is 5.82 Å². The van der Waals surface area contributed by atoms with Crippen molar-refractivity contribution in [3.8, 4) is 16.5 Å². The van der Waals surface area contributed by atoms with Crippen molar-refractivity contribution >= 4 is 33.6 Å². The molecule has 27 heavy (non-hydrogen) atoms. The summed E-state index contributed by atoms with van der Waals surface area (Å²) in [4.78, 5) is 13.9.